The maximum Gasteiger partial charge on any atom is 0.0139 e. The van der Waals surface area contributed by atoms with E-state index >= 15 is 0 Å². The molecule has 1 fully saturated rings. The first kappa shape index (κ1) is 12.6. The van der Waals surface area contributed by atoms with E-state index in [0.29, 0.717) is 6.04 Å². The number of aryl methyl sites for hydroxylation is 2. The van der Waals surface area contributed by atoms with E-state index in [4.69, 9.17) is 0 Å². The molecule has 1 aromatic carbocycles. The van der Waals surface area contributed by atoms with Crippen molar-refractivity contribution in [2.24, 2.45) is 5.92 Å². The van der Waals surface area contributed by atoms with E-state index < -0.39 is 0 Å². The first-order valence-electron chi connectivity index (χ1n) is 6.89. The first-order chi connectivity index (χ1) is 8.09. The average Bonchev–Trinajstić information content (AvgIpc) is 2.65. The Kier molecular flexibility index (Phi) is 3.88. The Morgan fingerprint density at radius 3 is 2.47 bits per heavy atom. The molecular formula is C16H25N. The largest absolute Gasteiger partial charge is 0.313 e. The maximum absolute atomic E-state index is 3.69. The van der Waals surface area contributed by atoms with Gasteiger partial charge in [0.1, 0.15) is 0 Å². The number of benzene rings is 1. The fraction of sp³-hybridized carbons (Fsp3) is 0.625. The SMILES string of the molecule is Cc1cccc(C)c1C1CCNC1CC(C)C. The van der Waals surface area contributed by atoms with Crippen LogP contribution in [0.2, 0.25) is 0 Å². The fourth-order valence-electron chi connectivity index (χ4n) is 3.28. The normalized spacial score (nSPS) is 24.5. The van der Waals surface area contributed by atoms with Crippen LogP contribution in [0.5, 0.6) is 0 Å². The van der Waals surface area contributed by atoms with Gasteiger partial charge in [-0.05, 0) is 55.8 Å². The van der Waals surface area contributed by atoms with Gasteiger partial charge in [-0.25, -0.2) is 0 Å². The van der Waals surface area contributed by atoms with Crippen LogP contribution in [0.1, 0.15) is 49.3 Å². The number of nitrogens with one attached hydrogen (secondary N) is 1. The third kappa shape index (κ3) is 2.71. The number of hydrogen-bond donors (Lipinski definition) is 1. The summed E-state index contributed by atoms with van der Waals surface area (Å²) < 4.78 is 0. The van der Waals surface area contributed by atoms with E-state index in [0.717, 1.165) is 11.8 Å². The zero-order valence-electron chi connectivity index (χ0n) is 11.6. The minimum absolute atomic E-state index is 0.676. The van der Waals surface area contributed by atoms with Crippen molar-refractivity contribution in [2.45, 2.75) is 52.5 Å². The van der Waals surface area contributed by atoms with E-state index in [-0.39, 0.29) is 0 Å². The summed E-state index contributed by atoms with van der Waals surface area (Å²) in [6.07, 6.45) is 2.58. The summed E-state index contributed by atoms with van der Waals surface area (Å²) in [5, 5.41) is 3.69. The summed E-state index contributed by atoms with van der Waals surface area (Å²) in [5.41, 5.74) is 4.53. The Labute approximate surface area is 106 Å². The Bertz CT molecular complexity index is 361. The lowest BCUT2D eigenvalue weighted by molar-refractivity contribution is 0.432. The molecule has 2 atom stereocenters. The topological polar surface area (TPSA) is 12.0 Å². The highest BCUT2D eigenvalue weighted by atomic mass is 14.9. The molecule has 0 aliphatic carbocycles. The lowest BCUT2D eigenvalue weighted by atomic mass is 9.83. The molecular weight excluding hydrogens is 206 g/mol. The monoisotopic (exact) mass is 231 g/mol. The molecule has 94 valence electrons. The summed E-state index contributed by atoms with van der Waals surface area (Å²) >= 11 is 0. The van der Waals surface area contributed by atoms with E-state index in [1.807, 2.05) is 0 Å². The van der Waals surface area contributed by atoms with Crippen molar-refractivity contribution in [2.75, 3.05) is 6.54 Å². The van der Waals surface area contributed by atoms with E-state index in [1.54, 1.807) is 5.56 Å². The van der Waals surface area contributed by atoms with Crippen LogP contribution in [0.3, 0.4) is 0 Å². The minimum atomic E-state index is 0.676. The van der Waals surface area contributed by atoms with Crippen LogP contribution in [-0.4, -0.2) is 12.6 Å². The second-order valence-corrected chi connectivity index (χ2v) is 5.89. The van der Waals surface area contributed by atoms with Crippen LogP contribution in [0.15, 0.2) is 18.2 Å². The molecule has 1 aromatic rings. The smallest absolute Gasteiger partial charge is 0.0139 e. The summed E-state index contributed by atoms with van der Waals surface area (Å²) in [7, 11) is 0. The van der Waals surface area contributed by atoms with E-state index in [1.165, 1.54) is 30.5 Å². The lowest BCUT2D eigenvalue weighted by Gasteiger charge is -2.24. The van der Waals surface area contributed by atoms with Crippen molar-refractivity contribution in [3.8, 4) is 0 Å². The molecule has 1 saturated heterocycles. The predicted molar refractivity (Wildman–Crippen MR) is 74.5 cm³/mol. The Hall–Kier alpha value is -0.820. The van der Waals surface area contributed by atoms with Crippen molar-refractivity contribution >= 4 is 0 Å². The van der Waals surface area contributed by atoms with Gasteiger partial charge >= 0.3 is 0 Å². The third-order valence-electron chi connectivity index (χ3n) is 3.99. The van der Waals surface area contributed by atoms with Gasteiger partial charge in [0, 0.05) is 12.0 Å². The fourth-order valence-corrected chi connectivity index (χ4v) is 3.28. The summed E-state index contributed by atoms with van der Waals surface area (Å²) in [6, 6.07) is 7.36. The Morgan fingerprint density at radius 2 is 1.88 bits per heavy atom. The van der Waals surface area contributed by atoms with Gasteiger partial charge in [0.2, 0.25) is 0 Å². The predicted octanol–water partition coefficient (Wildman–Crippen LogP) is 3.80. The molecule has 0 aromatic heterocycles. The molecule has 1 N–H and O–H groups in total. The standard InChI is InChI=1S/C16H25N/c1-11(2)10-15-14(8-9-17-15)16-12(3)6-5-7-13(16)4/h5-7,11,14-15,17H,8-10H2,1-4H3. The maximum atomic E-state index is 3.69. The number of hydrogen-bond acceptors (Lipinski definition) is 1. The van der Waals surface area contributed by atoms with Gasteiger partial charge in [-0.1, -0.05) is 32.0 Å². The van der Waals surface area contributed by atoms with Gasteiger partial charge < -0.3 is 5.32 Å². The van der Waals surface area contributed by atoms with Gasteiger partial charge in [-0.2, -0.15) is 0 Å². The van der Waals surface area contributed by atoms with Crippen molar-refractivity contribution in [3.05, 3.63) is 34.9 Å². The molecule has 2 unspecified atom stereocenters. The van der Waals surface area contributed by atoms with Crippen LogP contribution in [-0.2, 0) is 0 Å². The van der Waals surface area contributed by atoms with Crippen molar-refractivity contribution in [3.63, 3.8) is 0 Å². The quantitative estimate of drug-likeness (QED) is 0.834. The second kappa shape index (κ2) is 5.22. The third-order valence-corrected chi connectivity index (χ3v) is 3.99. The molecule has 1 nitrogen and oxygen atoms in total. The van der Waals surface area contributed by atoms with Crippen LogP contribution < -0.4 is 5.32 Å². The van der Waals surface area contributed by atoms with Crippen LogP contribution >= 0.6 is 0 Å². The molecule has 0 amide bonds. The van der Waals surface area contributed by atoms with E-state index in [2.05, 4.69) is 51.2 Å². The molecule has 1 aliphatic heterocycles. The molecule has 17 heavy (non-hydrogen) atoms. The zero-order valence-corrected chi connectivity index (χ0v) is 11.6. The van der Waals surface area contributed by atoms with Gasteiger partial charge in [0.15, 0.2) is 0 Å². The van der Waals surface area contributed by atoms with Crippen molar-refractivity contribution < 1.29 is 0 Å². The molecule has 0 radical (unpaired) electrons. The summed E-state index contributed by atoms with van der Waals surface area (Å²) in [4.78, 5) is 0. The molecule has 1 heterocycles. The lowest BCUT2D eigenvalue weighted by Crippen LogP contribution is -2.28. The molecule has 0 saturated carbocycles. The second-order valence-electron chi connectivity index (χ2n) is 5.89. The van der Waals surface area contributed by atoms with Crippen LogP contribution in [0, 0.1) is 19.8 Å². The summed E-state index contributed by atoms with van der Waals surface area (Å²) in [6.45, 7) is 10.3. The summed E-state index contributed by atoms with van der Waals surface area (Å²) in [5.74, 6) is 1.50. The first-order valence-corrected chi connectivity index (χ1v) is 6.89. The number of rotatable bonds is 3. The van der Waals surface area contributed by atoms with Crippen molar-refractivity contribution in [1.29, 1.82) is 0 Å². The van der Waals surface area contributed by atoms with Crippen molar-refractivity contribution in [1.82, 2.24) is 5.32 Å². The van der Waals surface area contributed by atoms with Crippen LogP contribution in [0.4, 0.5) is 0 Å². The Balaban J connectivity index is 2.26. The van der Waals surface area contributed by atoms with Gasteiger partial charge in [-0.3, -0.25) is 0 Å². The Morgan fingerprint density at radius 1 is 1.24 bits per heavy atom. The van der Waals surface area contributed by atoms with Gasteiger partial charge in [-0.15, -0.1) is 0 Å². The highest BCUT2D eigenvalue weighted by Gasteiger charge is 2.30. The molecule has 0 spiro atoms. The molecule has 1 heteroatoms. The average molecular weight is 231 g/mol. The van der Waals surface area contributed by atoms with Gasteiger partial charge in [0.05, 0.1) is 0 Å². The molecule has 1 aliphatic rings. The highest BCUT2D eigenvalue weighted by Crippen LogP contribution is 2.34. The van der Waals surface area contributed by atoms with Crippen LogP contribution in [0.25, 0.3) is 0 Å². The molecule has 0 bridgehead atoms. The minimum Gasteiger partial charge on any atom is -0.313 e. The molecule has 2 rings (SSSR count). The zero-order chi connectivity index (χ0) is 12.4. The van der Waals surface area contributed by atoms with Gasteiger partial charge in [0.25, 0.3) is 0 Å². The highest BCUT2D eigenvalue weighted by molar-refractivity contribution is 5.38. The van der Waals surface area contributed by atoms with E-state index in [9.17, 15) is 0 Å².